The minimum absolute atomic E-state index is 0.106. The van der Waals surface area contributed by atoms with Crippen LogP contribution in [0.25, 0.3) is 0 Å². The maximum absolute atomic E-state index is 11.4. The molecule has 2 rings (SSSR count). The van der Waals surface area contributed by atoms with Gasteiger partial charge in [-0.1, -0.05) is 18.9 Å². The van der Waals surface area contributed by atoms with Gasteiger partial charge in [-0.05, 0) is 12.1 Å². The first-order valence-electron chi connectivity index (χ1n) is 4.61. The molecule has 14 heavy (non-hydrogen) atoms. The molecule has 1 amide bonds. The van der Waals surface area contributed by atoms with Crippen molar-refractivity contribution in [3.8, 4) is 0 Å². The van der Waals surface area contributed by atoms with Gasteiger partial charge in [-0.2, -0.15) is 5.43 Å². The molecule has 1 aromatic rings. The number of quaternary nitrogens is 1. The highest BCUT2D eigenvalue weighted by atomic mass is 16.2. The number of primary amides is 1. The molecule has 0 aliphatic carbocycles. The van der Waals surface area contributed by atoms with E-state index in [4.69, 9.17) is 0 Å². The van der Waals surface area contributed by atoms with Crippen LogP contribution < -0.4 is 5.43 Å². The Bertz CT molecular complexity index is 410. The Hall–Kier alpha value is -1.55. The number of pyridine rings is 1. The summed E-state index contributed by atoms with van der Waals surface area (Å²) in [6.07, 6.45) is 1.63. The second-order valence-corrected chi connectivity index (χ2v) is 3.56. The van der Waals surface area contributed by atoms with Gasteiger partial charge in [-0.3, -0.25) is 0 Å². The zero-order chi connectivity index (χ0) is 10.1. The Morgan fingerprint density at radius 1 is 1.43 bits per heavy atom. The summed E-state index contributed by atoms with van der Waals surface area (Å²) in [5, 5.41) is 4.15. The Morgan fingerprint density at radius 3 is 2.93 bits per heavy atom. The van der Waals surface area contributed by atoms with E-state index < -0.39 is 0 Å². The van der Waals surface area contributed by atoms with Gasteiger partial charge in [0.1, 0.15) is 5.71 Å². The summed E-state index contributed by atoms with van der Waals surface area (Å²) in [6.45, 7) is 4.11. The van der Waals surface area contributed by atoms with Crippen molar-refractivity contribution in [2.24, 2.45) is 11.0 Å². The second-order valence-electron chi connectivity index (χ2n) is 3.56. The van der Waals surface area contributed by atoms with E-state index in [2.05, 4.69) is 23.9 Å². The van der Waals surface area contributed by atoms with Crippen molar-refractivity contribution >= 4 is 11.6 Å². The summed E-state index contributed by atoms with van der Waals surface area (Å²) in [4.78, 5) is 15.5. The molecular formula is C10H12N3O+. The number of rotatable bonds is 1. The molecule has 0 spiro atoms. The smallest absolute Gasteiger partial charge is 0.246 e. The van der Waals surface area contributed by atoms with Crippen LogP contribution in [0.1, 0.15) is 29.9 Å². The summed E-state index contributed by atoms with van der Waals surface area (Å²) in [6, 6.07) is 3.72. The zero-order valence-corrected chi connectivity index (χ0v) is 8.19. The Balaban J connectivity index is 2.57. The highest BCUT2D eigenvalue weighted by Crippen LogP contribution is 2.13. The van der Waals surface area contributed by atoms with Crippen molar-refractivity contribution in [2.45, 2.75) is 13.8 Å². The molecule has 1 aliphatic heterocycles. The van der Waals surface area contributed by atoms with Crippen LogP contribution in [-0.2, 0) is 0 Å². The molecule has 0 aromatic carbocycles. The van der Waals surface area contributed by atoms with Crippen LogP contribution >= 0.6 is 0 Å². The Morgan fingerprint density at radius 2 is 2.21 bits per heavy atom. The molecule has 2 heterocycles. The monoisotopic (exact) mass is 190 g/mol. The number of fused-ring (bicyclic) bond motifs is 1. The standard InChI is InChI=1S/C10H11N3O/c1-6(2)8-7-4-3-5-11-9(7)10(14)13-12-8/h3-6H,1-2H3,(H,13,14)/p+1. The van der Waals surface area contributed by atoms with E-state index in [1.54, 1.807) is 6.20 Å². The molecule has 0 radical (unpaired) electrons. The number of carbonyl (C=O) groups is 1. The Kier molecular flexibility index (Phi) is 2.13. The number of aromatic nitrogens is 1. The zero-order valence-electron chi connectivity index (χ0n) is 8.19. The van der Waals surface area contributed by atoms with E-state index in [1.807, 2.05) is 12.1 Å². The lowest BCUT2D eigenvalue weighted by Crippen LogP contribution is -2.84. The van der Waals surface area contributed by atoms with Crippen molar-refractivity contribution in [3.63, 3.8) is 0 Å². The summed E-state index contributed by atoms with van der Waals surface area (Å²) in [7, 11) is 0. The first-order chi connectivity index (χ1) is 6.70. The van der Waals surface area contributed by atoms with Gasteiger partial charge in [0.2, 0.25) is 0 Å². The van der Waals surface area contributed by atoms with Crippen LogP contribution in [0.2, 0.25) is 0 Å². The molecule has 1 aromatic heterocycles. The summed E-state index contributed by atoms with van der Waals surface area (Å²) < 4.78 is 0. The molecule has 1 aliphatic rings. The Labute approximate surface area is 82.0 Å². The molecule has 2 N–H and O–H groups in total. The van der Waals surface area contributed by atoms with Crippen molar-refractivity contribution in [1.29, 1.82) is 0 Å². The number of hydrogen-bond donors (Lipinski definition) is 1. The first kappa shape index (κ1) is 9.02. The highest BCUT2D eigenvalue weighted by molar-refractivity contribution is 6.09. The van der Waals surface area contributed by atoms with Gasteiger partial charge in [0.15, 0.2) is 5.69 Å². The van der Waals surface area contributed by atoms with E-state index in [9.17, 15) is 4.79 Å². The first-order valence-corrected chi connectivity index (χ1v) is 4.61. The average Bonchev–Trinajstić information content (AvgIpc) is 2.18. The SMILES string of the molecule is CC(C)C1=N[NH2+]C(=O)c2ncccc21. The van der Waals surface area contributed by atoms with Crippen molar-refractivity contribution < 1.29 is 10.2 Å². The molecule has 4 heteroatoms. The topological polar surface area (TPSA) is 58.9 Å². The maximum Gasteiger partial charge on any atom is 0.387 e. The van der Waals surface area contributed by atoms with Crippen LogP contribution in [0.3, 0.4) is 0 Å². The molecule has 0 fully saturated rings. The summed E-state index contributed by atoms with van der Waals surface area (Å²) in [5.41, 5.74) is 3.68. The summed E-state index contributed by atoms with van der Waals surface area (Å²) >= 11 is 0. The molecule has 0 saturated carbocycles. The number of carbonyl (C=O) groups excluding carboxylic acids is 1. The van der Waals surface area contributed by atoms with E-state index in [0.717, 1.165) is 11.3 Å². The van der Waals surface area contributed by atoms with Crippen molar-refractivity contribution in [3.05, 3.63) is 29.6 Å². The number of amides is 1. The van der Waals surface area contributed by atoms with Crippen molar-refractivity contribution in [2.75, 3.05) is 0 Å². The molecule has 72 valence electrons. The van der Waals surface area contributed by atoms with Crippen LogP contribution in [-0.4, -0.2) is 16.6 Å². The maximum atomic E-state index is 11.4. The molecule has 4 nitrogen and oxygen atoms in total. The van der Waals surface area contributed by atoms with Gasteiger partial charge < -0.3 is 0 Å². The van der Waals surface area contributed by atoms with Crippen molar-refractivity contribution in [1.82, 2.24) is 4.98 Å². The largest absolute Gasteiger partial charge is 0.387 e. The predicted octanol–water partition coefficient (Wildman–Crippen LogP) is 0.159. The fourth-order valence-corrected chi connectivity index (χ4v) is 1.53. The van der Waals surface area contributed by atoms with E-state index in [0.29, 0.717) is 11.6 Å². The van der Waals surface area contributed by atoms with E-state index >= 15 is 0 Å². The van der Waals surface area contributed by atoms with Gasteiger partial charge in [0.05, 0.1) is 0 Å². The van der Waals surface area contributed by atoms with E-state index in [-0.39, 0.29) is 5.91 Å². The lowest BCUT2D eigenvalue weighted by molar-refractivity contribution is -0.562. The molecule has 0 bridgehead atoms. The third kappa shape index (κ3) is 1.33. The normalized spacial score (nSPS) is 15.4. The third-order valence-electron chi connectivity index (χ3n) is 2.18. The quantitative estimate of drug-likeness (QED) is 0.641. The lowest BCUT2D eigenvalue weighted by atomic mass is 9.97. The van der Waals surface area contributed by atoms with Gasteiger partial charge in [0, 0.05) is 17.7 Å². The third-order valence-corrected chi connectivity index (χ3v) is 2.18. The molecule has 0 saturated heterocycles. The van der Waals surface area contributed by atoms with Crippen LogP contribution in [0.5, 0.6) is 0 Å². The van der Waals surface area contributed by atoms with E-state index in [1.165, 1.54) is 5.43 Å². The number of nitrogens with two attached hydrogens (primary N) is 1. The highest BCUT2D eigenvalue weighted by Gasteiger charge is 2.26. The van der Waals surface area contributed by atoms with Crippen LogP contribution in [0, 0.1) is 5.92 Å². The average molecular weight is 190 g/mol. The van der Waals surface area contributed by atoms with Gasteiger partial charge in [-0.25, -0.2) is 9.78 Å². The fraction of sp³-hybridized carbons (Fsp3) is 0.300. The fourth-order valence-electron chi connectivity index (χ4n) is 1.53. The minimum atomic E-state index is -0.106. The van der Waals surface area contributed by atoms with Gasteiger partial charge in [-0.15, -0.1) is 0 Å². The van der Waals surface area contributed by atoms with Crippen LogP contribution in [0.15, 0.2) is 23.4 Å². The second kappa shape index (κ2) is 3.31. The molecule has 0 unspecified atom stereocenters. The summed E-state index contributed by atoms with van der Waals surface area (Å²) in [5.74, 6) is 0.201. The lowest BCUT2D eigenvalue weighted by Gasteiger charge is -2.13. The molecule has 0 atom stereocenters. The number of hydrogen-bond acceptors (Lipinski definition) is 3. The predicted molar refractivity (Wildman–Crippen MR) is 51.9 cm³/mol. The number of nitrogens with zero attached hydrogens (tertiary/aromatic N) is 2. The molecular weight excluding hydrogens is 178 g/mol. The van der Waals surface area contributed by atoms with Crippen LogP contribution in [0.4, 0.5) is 0 Å². The van der Waals surface area contributed by atoms with Gasteiger partial charge >= 0.3 is 5.91 Å². The minimum Gasteiger partial charge on any atom is -0.246 e. The van der Waals surface area contributed by atoms with Gasteiger partial charge in [0.25, 0.3) is 0 Å².